The summed E-state index contributed by atoms with van der Waals surface area (Å²) in [5, 5.41) is 9.50. The summed E-state index contributed by atoms with van der Waals surface area (Å²) in [5.74, 6) is -1.28. The summed E-state index contributed by atoms with van der Waals surface area (Å²) in [7, 11) is 0. The molecule has 0 aromatic heterocycles. The van der Waals surface area contributed by atoms with Crippen molar-refractivity contribution in [1.29, 1.82) is 0 Å². The van der Waals surface area contributed by atoms with E-state index in [1.54, 1.807) is 25.1 Å². The third-order valence-electron chi connectivity index (χ3n) is 3.63. The molecule has 0 aliphatic carbocycles. The van der Waals surface area contributed by atoms with Crippen LogP contribution in [-0.2, 0) is 4.79 Å². The Hall–Kier alpha value is -2.10. The molecule has 1 aromatic carbocycles. The number of fused-ring (bicyclic) bond motifs is 1. The molecule has 1 amide bonds. The minimum absolute atomic E-state index is 0.279. The average molecular weight is 259 g/mol. The molecule has 4 heteroatoms. The molecular formula is C15H17NO3. The summed E-state index contributed by atoms with van der Waals surface area (Å²) >= 11 is 0. The fourth-order valence-electron chi connectivity index (χ4n) is 2.61. The number of hydrogen-bond acceptors (Lipinski definition) is 2. The smallest absolute Gasteiger partial charge is 0.329 e. The maximum absolute atomic E-state index is 12.4. The normalized spacial score (nSPS) is 17.3. The summed E-state index contributed by atoms with van der Waals surface area (Å²) < 4.78 is 0. The van der Waals surface area contributed by atoms with E-state index in [0.29, 0.717) is 24.1 Å². The van der Waals surface area contributed by atoms with Crippen LogP contribution in [0.4, 0.5) is 0 Å². The number of hydrogen-bond donors (Lipinski definition) is 1. The van der Waals surface area contributed by atoms with Gasteiger partial charge in [0.2, 0.25) is 0 Å². The van der Waals surface area contributed by atoms with Crippen molar-refractivity contribution < 1.29 is 14.7 Å². The van der Waals surface area contributed by atoms with Gasteiger partial charge in [-0.05, 0) is 19.4 Å². The highest BCUT2D eigenvalue weighted by atomic mass is 16.4. The molecule has 2 rings (SSSR count). The highest BCUT2D eigenvalue weighted by Gasteiger charge is 2.47. The van der Waals surface area contributed by atoms with Gasteiger partial charge in [0.05, 0.1) is 0 Å². The van der Waals surface area contributed by atoms with E-state index in [2.05, 4.69) is 6.58 Å². The number of benzene rings is 1. The molecule has 0 radical (unpaired) electrons. The molecule has 0 saturated carbocycles. The van der Waals surface area contributed by atoms with Gasteiger partial charge in [-0.25, -0.2) is 4.79 Å². The Balaban J connectivity index is 2.51. The van der Waals surface area contributed by atoms with E-state index in [0.717, 1.165) is 5.56 Å². The van der Waals surface area contributed by atoms with Gasteiger partial charge in [-0.2, -0.15) is 0 Å². The van der Waals surface area contributed by atoms with Crippen LogP contribution >= 0.6 is 0 Å². The highest BCUT2D eigenvalue weighted by Crippen LogP contribution is 2.38. The summed E-state index contributed by atoms with van der Waals surface area (Å²) in [6.07, 6.45) is 1.07. The molecule has 4 nitrogen and oxygen atoms in total. The molecule has 0 spiro atoms. The Kier molecular flexibility index (Phi) is 3.18. The third kappa shape index (κ3) is 1.84. The number of nitrogens with zero attached hydrogens (tertiary/aromatic N) is 1. The van der Waals surface area contributed by atoms with Crippen molar-refractivity contribution in [2.45, 2.75) is 32.2 Å². The van der Waals surface area contributed by atoms with Crippen LogP contribution in [0.5, 0.6) is 0 Å². The van der Waals surface area contributed by atoms with Gasteiger partial charge in [0, 0.05) is 16.8 Å². The van der Waals surface area contributed by atoms with Gasteiger partial charge in [-0.1, -0.05) is 38.1 Å². The first-order chi connectivity index (χ1) is 8.93. The van der Waals surface area contributed by atoms with Gasteiger partial charge < -0.3 is 5.11 Å². The molecule has 1 atom stereocenters. The van der Waals surface area contributed by atoms with Crippen molar-refractivity contribution in [3.63, 3.8) is 0 Å². The quantitative estimate of drug-likeness (QED) is 0.904. The predicted octanol–water partition coefficient (Wildman–Crippen LogP) is 2.76. The monoisotopic (exact) mass is 259 g/mol. The standard InChI is InChI=1S/C15H17NO3/c1-4-9-15(3,14(18)19)16-10(2)11-7-5-6-8-12(11)13(16)17/h5-8H,2,4,9H2,1,3H3,(H,18,19). The van der Waals surface area contributed by atoms with Crippen LogP contribution in [0.2, 0.25) is 0 Å². The maximum atomic E-state index is 12.4. The van der Waals surface area contributed by atoms with Gasteiger partial charge in [0.15, 0.2) is 0 Å². The lowest BCUT2D eigenvalue weighted by atomic mass is 9.93. The first kappa shape index (κ1) is 13.3. The van der Waals surface area contributed by atoms with Crippen LogP contribution < -0.4 is 0 Å². The largest absolute Gasteiger partial charge is 0.479 e. The molecule has 1 unspecified atom stereocenters. The Morgan fingerprint density at radius 3 is 2.42 bits per heavy atom. The number of amides is 1. The van der Waals surface area contributed by atoms with E-state index < -0.39 is 11.5 Å². The Labute approximate surface area is 112 Å². The molecule has 19 heavy (non-hydrogen) atoms. The van der Waals surface area contributed by atoms with Gasteiger partial charge in [-0.3, -0.25) is 9.69 Å². The Morgan fingerprint density at radius 1 is 1.37 bits per heavy atom. The summed E-state index contributed by atoms with van der Waals surface area (Å²) in [6.45, 7) is 7.38. The first-order valence-electron chi connectivity index (χ1n) is 6.29. The third-order valence-corrected chi connectivity index (χ3v) is 3.63. The second-order valence-corrected chi connectivity index (χ2v) is 4.96. The van der Waals surface area contributed by atoms with E-state index in [9.17, 15) is 14.7 Å². The van der Waals surface area contributed by atoms with Gasteiger partial charge in [0.25, 0.3) is 5.91 Å². The molecule has 0 bridgehead atoms. The Bertz CT molecular complexity index is 529. The second kappa shape index (κ2) is 4.53. The number of rotatable bonds is 4. The number of carbonyl (C=O) groups is 2. The molecule has 0 fully saturated rings. The highest BCUT2D eigenvalue weighted by molar-refractivity contribution is 6.11. The van der Waals surface area contributed by atoms with Crippen molar-refractivity contribution in [3.8, 4) is 0 Å². The maximum Gasteiger partial charge on any atom is 0.329 e. The topological polar surface area (TPSA) is 57.6 Å². The lowest BCUT2D eigenvalue weighted by molar-refractivity contribution is -0.147. The van der Waals surface area contributed by atoms with Crippen molar-refractivity contribution in [3.05, 3.63) is 42.0 Å². The molecular weight excluding hydrogens is 242 g/mol. The lowest BCUT2D eigenvalue weighted by Crippen LogP contribution is -2.51. The summed E-state index contributed by atoms with van der Waals surface area (Å²) in [4.78, 5) is 25.4. The molecule has 1 aliphatic heterocycles. The van der Waals surface area contributed by atoms with E-state index in [1.165, 1.54) is 4.90 Å². The second-order valence-electron chi connectivity index (χ2n) is 4.96. The van der Waals surface area contributed by atoms with E-state index in [4.69, 9.17) is 0 Å². The van der Waals surface area contributed by atoms with Crippen LogP contribution in [0.3, 0.4) is 0 Å². The van der Waals surface area contributed by atoms with Crippen LogP contribution in [-0.4, -0.2) is 27.4 Å². The minimum Gasteiger partial charge on any atom is -0.479 e. The number of carboxylic acids is 1. The molecule has 1 aliphatic rings. The van der Waals surface area contributed by atoms with Crippen molar-refractivity contribution in [1.82, 2.24) is 4.90 Å². The number of carbonyl (C=O) groups excluding carboxylic acids is 1. The first-order valence-corrected chi connectivity index (χ1v) is 6.29. The van der Waals surface area contributed by atoms with E-state index in [-0.39, 0.29) is 5.91 Å². The number of carboxylic acid groups (broad SMARTS) is 1. The minimum atomic E-state index is -1.25. The Morgan fingerprint density at radius 2 is 1.95 bits per heavy atom. The zero-order valence-electron chi connectivity index (χ0n) is 11.1. The van der Waals surface area contributed by atoms with Gasteiger partial charge in [0.1, 0.15) is 5.54 Å². The average Bonchev–Trinajstić information content (AvgIpc) is 2.63. The van der Waals surface area contributed by atoms with Gasteiger partial charge in [-0.15, -0.1) is 0 Å². The van der Waals surface area contributed by atoms with E-state index >= 15 is 0 Å². The molecule has 100 valence electrons. The van der Waals surface area contributed by atoms with Gasteiger partial charge >= 0.3 is 5.97 Å². The molecule has 1 heterocycles. The van der Waals surface area contributed by atoms with Crippen LogP contribution in [0.1, 0.15) is 42.6 Å². The van der Waals surface area contributed by atoms with Crippen molar-refractivity contribution >= 4 is 17.6 Å². The molecule has 1 N–H and O–H groups in total. The van der Waals surface area contributed by atoms with Crippen molar-refractivity contribution in [2.75, 3.05) is 0 Å². The van der Waals surface area contributed by atoms with E-state index in [1.807, 2.05) is 13.0 Å². The summed E-state index contributed by atoms with van der Waals surface area (Å²) in [5.41, 5.74) is 0.466. The molecule has 0 saturated heterocycles. The SMILES string of the molecule is C=C1c2ccccc2C(=O)N1C(C)(CCC)C(=O)O. The zero-order chi connectivity index (χ0) is 14.2. The van der Waals surface area contributed by atoms with Crippen molar-refractivity contribution in [2.24, 2.45) is 0 Å². The fraction of sp³-hybridized carbons (Fsp3) is 0.333. The van der Waals surface area contributed by atoms with Crippen LogP contribution in [0, 0.1) is 0 Å². The molecule has 1 aromatic rings. The predicted molar refractivity (Wildman–Crippen MR) is 72.6 cm³/mol. The number of aliphatic carboxylic acids is 1. The fourth-order valence-corrected chi connectivity index (χ4v) is 2.61. The lowest BCUT2D eigenvalue weighted by Gasteiger charge is -2.35. The zero-order valence-corrected chi connectivity index (χ0v) is 11.1. The summed E-state index contributed by atoms with van der Waals surface area (Å²) in [6, 6.07) is 7.09. The van der Waals surface area contributed by atoms with Crippen LogP contribution in [0.25, 0.3) is 5.70 Å². The van der Waals surface area contributed by atoms with Crippen LogP contribution in [0.15, 0.2) is 30.8 Å².